The number of unbranched alkanes of at least 4 members (excludes halogenated alkanes) is 7. The molecule has 1 N–H and O–H groups in total. The van der Waals surface area contributed by atoms with E-state index in [4.69, 9.17) is 0 Å². The molecule has 18 heavy (non-hydrogen) atoms. The molecule has 0 aromatic carbocycles. The molecule has 0 saturated heterocycles. The largest absolute Gasteiger partial charge is 0.317 e. The van der Waals surface area contributed by atoms with E-state index in [1.54, 1.807) is 5.57 Å². The maximum Gasteiger partial charge on any atom is -0.00143 e. The highest BCUT2D eigenvalue weighted by Crippen LogP contribution is 2.12. The van der Waals surface area contributed by atoms with E-state index in [9.17, 15) is 0 Å². The Morgan fingerprint density at radius 1 is 0.889 bits per heavy atom. The van der Waals surface area contributed by atoms with Gasteiger partial charge in [0.1, 0.15) is 0 Å². The van der Waals surface area contributed by atoms with E-state index in [2.05, 4.69) is 32.2 Å². The molecule has 0 heterocycles. The zero-order valence-electron chi connectivity index (χ0n) is 13.1. The van der Waals surface area contributed by atoms with Crippen molar-refractivity contribution in [2.24, 2.45) is 0 Å². The lowest BCUT2D eigenvalue weighted by Crippen LogP contribution is -2.13. The van der Waals surface area contributed by atoms with Crippen LogP contribution in [-0.4, -0.2) is 13.1 Å². The molecule has 108 valence electrons. The zero-order chi connectivity index (χ0) is 13.5. The lowest BCUT2D eigenvalue weighted by atomic mass is 10.0. The van der Waals surface area contributed by atoms with Gasteiger partial charge >= 0.3 is 0 Å². The molecule has 0 bridgehead atoms. The van der Waals surface area contributed by atoms with Crippen LogP contribution in [0.15, 0.2) is 11.6 Å². The Hall–Kier alpha value is -0.300. The van der Waals surface area contributed by atoms with Gasteiger partial charge in [-0.1, -0.05) is 70.4 Å². The predicted octanol–water partition coefficient (Wildman–Crippen LogP) is 5.46. The molecule has 0 unspecified atom stereocenters. The van der Waals surface area contributed by atoms with E-state index < -0.39 is 0 Å². The summed E-state index contributed by atoms with van der Waals surface area (Å²) in [5.41, 5.74) is 1.58. The predicted molar refractivity (Wildman–Crippen MR) is 84.1 cm³/mol. The molecule has 0 radical (unpaired) electrons. The second-order valence-corrected chi connectivity index (χ2v) is 5.42. The van der Waals surface area contributed by atoms with E-state index in [1.165, 1.54) is 64.2 Å². The first-order chi connectivity index (χ1) is 8.81. The molecule has 1 heteroatoms. The summed E-state index contributed by atoms with van der Waals surface area (Å²) in [5, 5.41) is 3.36. The third kappa shape index (κ3) is 13.8. The van der Waals surface area contributed by atoms with Gasteiger partial charge in [-0.25, -0.2) is 0 Å². The highest BCUT2D eigenvalue weighted by Gasteiger charge is 1.93. The summed E-state index contributed by atoms with van der Waals surface area (Å²) in [7, 11) is 0. The molecule has 0 aliphatic heterocycles. The normalized spacial score (nSPS) is 12.1. The molecule has 0 atom stereocenters. The Kier molecular flexibility index (Phi) is 14.5. The Balaban J connectivity index is 3.21. The maximum atomic E-state index is 3.36. The summed E-state index contributed by atoms with van der Waals surface area (Å²) < 4.78 is 0. The van der Waals surface area contributed by atoms with Crippen LogP contribution in [0.5, 0.6) is 0 Å². The van der Waals surface area contributed by atoms with Gasteiger partial charge in [0.25, 0.3) is 0 Å². The van der Waals surface area contributed by atoms with E-state index in [1.807, 2.05) is 0 Å². The van der Waals surface area contributed by atoms with Crippen molar-refractivity contribution in [1.29, 1.82) is 0 Å². The zero-order valence-corrected chi connectivity index (χ0v) is 13.1. The Bertz CT molecular complexity index is 184. The molecular weight excluding hydrogens is 218 g/mol. The van der Waals surface area contributed by atoms with E-state index >= 15 is 0 Å². The second kappa shape index (κ2) is 14.8. The standard InChI is InChI=1S/C17H35N/c1-4-6-7-8-9-10-11-12-14-17(3)15-13-16-18-5-2/h15,18H,4-14,16H2,1-3H3. The fraction of sp³-hybridized carbons (Fsp3) is 0.882. The molecule has 0 amide bonds. The van der Waals surface area contributed by atoms with Crippen molar-refractivity contribution in [3.63, 3.8) is 0 Å². The first-order valence-electron chi connectivity index (χ1n) is 8.17. The van der Waals surface area contributed by atoms with Crippen LogP contribution >= 0.6 is 0 Å². The van der Waals surface area contributed by atoms with Gasteiger partial charge < -0.3 is 5.32 Å². The number of rotatable bonds is 13. The van der Waals surface area contributed by atoms with Crippen molar-refractivity contribution in [1.82, 2.24) is 5.32 Å². The van der Waals surface area contributed by atoms with Gasteiger partial charge in [0, 0.05) is 0 Å². The van der Waals surface area contributed by atoms with Gasteiger partial charge in [0.2, 0.25) is 0 Å². The highest BCUT2D eigenvalue weighted by molar-refractivity contribution is 4.97. The second-order valence-electron chi connectivity index (χ2n) is 5.42. The summed E-state index contributed by atoms with van der Waals surface area (Å²) in [6.07, 6.45) is 16.3. The summed E-state index contributed by atoms with van der Waals surface area (Å²) >= 11 is 0. The van der Waals surface area contributed by atoms with Gasteiger partial charge in [-0.05, 0) is 39.3 Å². The summed E-state index contributed by atoms with van der Waals surface area (Å²) in [6.45, 7) is 8.95. The molecule has 0 fully saturated rings. The number of nitrogens with one attached hydrogen (secondary N) is 1. The van der Waals surface area contributed by atoms with Crippen LogP contribution in [-0.2, 0) is 0 Å². The minimum Gasteiger partial charge on any atom is -0.317 e. The van der Waals surface area contributed by atoms with Crippen molar-refractivity contribution in [2.45, 2.75) is 85.0 Å². The molecule has 0 aromatic heterocycles. The minimum atomic E-state index is 1.09. The highest BCUT2D eigenvalue weighted by atomic mass is 14.8. The first kappa shape index (κ1) is 17.7. The molecular formula is C17H35N. The monoisotopic (exact) mass is 253 g/mol. The summed E-state index contributed by atoms with van der Waals surface area (Å²) in [5.74, 6) is 0. The fourth-order valence-corrected chi connectivity index (χ4v) is 2.24. The molecule has 0 aliphatic rings. The van der Waals surface area contributed by atoms with Gasteiger partial charge in [-0.15, -0.1) is 0 Å². The number of allylic oxidation sites excluding steroid dienone is 1. The molecule has 1 nitrogen and oxygen atoms in total. The summed E-state index contributed by atoms with van der Waals surface area (Å²) in [4.78, 5) is 0. The van der Waals surface area contributed by atoms with Crippen molar-refractivity contribution < 1.29 is 0 Å². The minimum absolute atomic E-state index is 1.09. The SMILES string of the molecule is CCCCCCCCCCC(C)=CCCNCC. The van der Waals surface area contributed by atoms with Crippen LogP contribution in [0, 0.1) is 0 Å². The van der Waals surface area contributed by atoms with Crippen molar-refractivity contribution >= 4 is 0 Å². The smallest absolute Gasteiger partial charge is 0.00143 e. The lowest BCUT2D eigenvalue weighted by Gasteiger charge is -2.03. The Labute approximate surface area is 115 Å². The molecule has 0 rings (SSSR count). The average Bonchev–Trinajstić information content (AvgIpc) is 2.38. The van der Waals surface area contributed by atoms with Crippen molar-refractivity contribution in [3.8, 4) is 0 Å². The first-order valence-corrected chi connectivity index (χ1v) is 8.17. The molecule has 0 saturated carbocycles. The van der Waals surface area contributed by atoms with Crippen LogP contribution < -0.4 is 5.32 Å². The average molecular weight is 253 g/mol. The third-order valence-corrected chi connectivity index (χ3v) is 3.49. The molecule has 0 aromatic rings. The van der Waals surface area contributed by atoms with Crippen LogP contribution in [0.25, 0.3) is 0 Å². The topological polar surface area (TPSA) is 12.0 Å². The van der Waals surface area contributed by atoms with Gasteiger partial charge in [0.05, 0.1) is 0 Å². The third-order valence-electron chi connectivity index (χ3n) is 3.49. The number of hydrogen-bond acceptors (Lipinski definition) is 1. The van der Waals surface area contributed by atoms with Crippen molar-refractivity contribution in [3.05, 3.63) is 11.6 Å². The van der Waals surface area contributed by atoms with Gasteiger partial charge in [-0.3, -0.25) is 0 Å². The number of hydrogen-bond donors (Lipinski definition) is 1. The quantitative estimate of drug-likeness (QED) is 0.339. The molecule has 0 aliphatic carbocycles. The van der Waals surface area contributed by atoms with Crippen molar-refractivity contribution in [2.75, 3.05) is 13.1 Å². The maximum absolute atomic E-state index is 3.36. The lowest BCUT2D eigenvalue weighted by molar-refractivity contribution is 0.574. The van der Waals surface area contributed by atoms with Gasteiger partial charge in [-0.2, -0.15) is 0 Å². The van der Waals surface area contributed by atoms with Crippen LogP contribution in [0.1, 0.15) is 85.0 Å². The van der Waals surface area contributed by atoms with E-state index in [0.29, 0.717) is 0 Å². The van der Waals surface area contributed by atoms with E-state index in [-0.39, 0.29) is 0 Å². The fourth-order valence-electron chi connectivity index (χ4n) is 2.24. The molecule has 0 spiro atoms. The van der Waals surface area contributed by atoms with Crippen LogP contribution in [0.2, 0.25) is 0 Å². The Morgan fingerprint density at radius 2 is 1.50 bits per heavy atom. The summed E-state index contributed by atoms with van der Waals surface area (Å²) in [6, 6.07) is 0. The Morgan fingerprint density at radius 3 is 2.11 bits per heavy atom. The van der Waals surface area contributed by atoms with E-state index in [0.717, 1.165) is 13.1 Å². The van der Waals surface area contributed by atoms with Gasteiger partial charge in [0.15, 0.2) is 0 Å². The van der Waals surface area contributed by atoms with Crippen LogP contribution in [0.4, 0.5) is 0 Å². The van der Waals surface area contributed by atoms with Crippen LogP contribution in [0.3, 0.4) is 0 Å².